The quantitative estimate of drug-likeness (QED) is 0.189. The van der Waals surface area contributed by atoms with E-state index in [2.05, 4.69) is 113 Å². The van der Waals surface area contributed by atoms with E-state index < -0.39 is 0 Å². The van der Waals surface area contributed by atoms with Crippen molar-refractivity contribution in [2.75, 3.05) is 0 Å². The fraction of sp³-hybridized carbons (Fsp3) is 0.0714. The van der Waals surface area contributed by atoms with Crippen LogP contribution in [0.5, 0.6) is 0 Å². The highest BCUT2D eigenvalue weighted by Crippen LogP contribution is 2.58. The minimum absolute atomic E-state index is 0.100. The van der Waals surface area contributed by atoms with Gasteiger partial charge < -0.3 is 8.98 Å². The Morgan fingerprint density at radius 1 is 0.583 bits per heavy atom. The second-order valence-corrected chi connectivity index (χ2v) is 13.7. The van der Waals surface area contributed by atoms with Gasteiger partial charge in [0.05, 0.1) is 16.7 Å². The second kappa shape index (κ2) is 8.97. The first-order chi connectivity index (χ1) is 23.5. The molecular weight excluding hydrogens is 612 g/mol. The Bertz CT molecular complexity index is 2900. The van der Waals surface area contributed by atoms with Crippen LogP contribution in [-0.2, 0) is 5.41 Å². The molecule has 0 spiro atoms. The van der Waals surface area contributed by atoms with Crippen LogP contribution < -0.4 is 0 Å². The Balaban J connectivity index is 1.16. The number of aromatic nitrogens is 4. The van der Waals surface area contributed by atoms with E-state index in [1.54, 1.807) is 0 Å². The molecule has 2 aliphatic rings. The zero-order valence-corrected chi connectivity index (χ0v) is 26.8. The Morgan fingerprint density at radius 2 is 1.29 bits per heavy atom. The summed E-state index contributed by atoms with van der Waals surface area (Å²) < 4.78 is 8.62. The van der Waals surface area contributed by atoms with Crippen LogP contribution >= 0.6 is 11.6 Å². The van der Waals surface area contributed by atoms with Gasteiger partial charge in [0.25, 0.3) is 0 Å². The molecule has 6 heteroatoms. The van der Waals surface area contributed by atoms with Gasteiger partial charge in [-0.1, -0.05) is 98.8 Å². The number of fused-ring (bicyclic) bond motifs is 9. The molecule has 226 valence electrons. The normalized spacial score (nSPS) is 13.9. The molecule has 0 radical (unpaired) electrons. The lowest BCUT2D eigenvalue weighted by Crippen LogP contribution is -2.15. The molecule has 5 nitrogen and oxygen atoms in total. The van der Waals surface area contributed by atoms with Crippen molar-refractivity contribution >= 4 is 55.3 Å². The molecule has 48 heavy (non-hydrogen) atoms. The van der Waals surface area contributed by atoms with Crippen molar-refractivity contribution in [2.24, 2.45) is 0 Å². The average Bonchev–Trinajstić information content (AvgIpc) is 3.70. The van der Waals surface area contributed by atoms with E-state index in [-0.39, 0.29) is 10.7 Å². The Kier molecular flexibility index (Phi) is 4.92. The summed E-state index contributed by atoms with van der Waals surface area (Å²) in [5, 5.41) is 4.77. The molecule has 3 aromatic heterocycles. The fourth-order valence-electron chi connectivity index (χ4n) is 8.35. The van der Waals surface area contributed by atoms with Gasteiger partial charge in [0, 0.05) is 49.2 Å². The molecule has 4 heterocycles. The van der Waals surface area contributed by atoms with Gasteiger partial charge in [0.1, 0.15) is 11.2 Å². The number of para-hydroxylation sites is 2. The third-order valence-corrected chi connectivity index (χ3v) is 10.7. The van der Waals surface area contributed by atoms with E-state index in [1.807, 2.05) is 30.3 Å². The number of nitrogens with zero attached hydrogens (tertiary/aromatic N) is 4. The fourth-order valence-corrected chi connectivity index (χ4v) is 8.51. The summed E-state index contributed by atoms with van der Waals surface area (Å²) in [4.78, 5) is 14.2. The number of benzene rings is 6. The van der Waals surface area contributed by atoms with Gasteiger partial charge in [0.2, 0.25) is 5.28 Å². The van der Waals surface area contributed by atoms with Gasteiger partial charge in [-0.25, -0.2) is 4.98 Å². The predicted octanol–water partition coefficient (Wildman–Crippen LogP) is 11.1. The van der Waals surface area contributed by atoms with Crippen LogP contribution in [0, 0.1) is 0 Å². The van der Waals surface area contributed by atoms with Gasteiger partial charge in [-0.05, 0) is 64.2 Å². The Labute approximate surface area is 280 Å². The molecule has 0 amide bonds. The van der Waals surface area contributed by atoms with E-state index in [0.29, 0.717) is 11.6 Å². The molecule has 0 saturated carbocycles. The van der Waals surface area contributed by atoms with E-state index in [1.165, 1.54) is 55.2 Å². The monoisotopic (exact) mass is 636 g/mol. The van der Waals surface area contributed by atoms with Gasteiger partial charge in [-0.3, -0.25) is 0 Å². The van der Waals surface area contributed by atoms with E-state index >= 15 is 0 Å². The number of halogens is 1. The summed E-state index contributed by atoms with van der Waals surface area (Å²) in [7, 11) is 0. The van der Waals surface area contributed by atoms with Crippen molar-refractivity contribution in [2.45, 2.75) is 19.3 Å². The minimum Gasteiger partial charge on any atom is -0.456 e. The van der Waals surface area contributed by atoms with Crippen LogP contribution in [0.3, 0.4) is 0 Å². The third kappa shape index (κ3) is 3.29. The SMILES string of the molecule is CC1(C)c2cccc3c2-c2c1ccc1c4ccccc4n(c21)-c1cc(-c2nc(Cl)nc(-c4ccc5c(c4)oc4ccccc45)n2)ccc1-3. The molecule has 6 aromatic carbocycles. The van der Waals surface area contributed by atoms with Crippen molar-refractivity contribution < 1.29 is 4.42 Å². The van der Waals surface area contributed by atoms with Crippen LogP contribution in [0.4, 0.5) is 0 Å². The van der Waals surface area contributed by atoms with Crippen LogP contribution in [0.25, 0.3) is 94.5 Å². The standard InChI is InChI=1S/C42H25ClN4O/c1-42(2)30-11-7-10-28-25-16-14-22(20-33(25)47-32-12-5-3-8-24(32)29-18-19-31(42)37(36(28)30)38(29)47)39-44-40(46-41(43)45-39)23-15-17-27-26-9-4-6-13-34(26)48-35(27)21-23/h3-21H,1-2H3. The van der Waals surface area contributed by atoms with E-state index in [0.717, 1.165) is 38.8 Å². The zero-order valence-electron chi connectivity index (χ0n) is 26.0. The first-order valence-electron chi connectivity index (χ1n) is 16.1. The number of furan rings is 1. The maximum atomic E-state index is 6.62. The molecule has 1 aliphatic carbocycles. The molecule has 0 atom stereocenters. The lowest BCUT2D eigenvalue weighted by atomic mass is 9.81. The summed E-state index contributed by atoms with van der Waals surface area (Å²) in [6.45, 7) is 4.69. The summed E-state index contributed by atoms with van der Waals surface area (Å²) in [6, 6.07) is 40.8. The van der Waals surface area contributed by atoms with Gasteiger partial charge >= 0.3 is 0 Å². The average molecular weight is 637 g/mol. The van der Waals surface area contributed by atoms with Crippen molar-refractivity contribution in [1.82, 2.24) is 19.5 Å². The van der Waals surface area contributed by atoms with Crippen molar-refractivity contribution in [1.29, 1.82) is 0 Å². The number of rotatable bonds is 2. The van der Waals surface area contributed by atoms with Crippen LogP contribution in [0.1, 0.15) is 25.0 Å². The largest absolute Gasteiger partial charge is 0.456 e. The lowest BCUT2D eigenvalue weighted by molar-refractivity contribution is 0.661. The van der Waals surface area contributed by atoms with Crippen LogP contribution in [0.15, 0.2) is 120 Å². The van der Waals surface area contributed by atoms with Crippen molar-refractivity contribution in [3.63, 3.8) is 0 Å². The molecule has 11 rings (SSSR count). The smallest absolute Gasteiger partial charge is 0.226 e. The highest BCUT2D eigenvalue weighted by Gasteiger charge is 2.40. The minimum atomic E-state index is -0.100. The molecule has 0 saturated heterocycles. The van der Waals surface area contributed by atoms with Crippen LogP contribution in [-0.4, -0.2) is 19.5 Å². The molecule has 0 bridgehead atoms. The topological polar surface area (TPSA) is 56.7 Å². The third-order valence-electron chi connectivity index (χ3n) is 10.5. The summed E-state index contributed by atoms with van der Waals surface area (Å²) in [5.74, 6) is 1.02. The number of hydrogen-bond acceptors (Lipinski definition) is 4. The molecule has 0 N–H and O–H groups in total. The first kappa shape index (κ1) is 26.3. The van der Waals surface area contributed by atoms with Crippen LogP contribution in [0.2, 0.25) is 5.28 Å². The second-order valence-electron chi connectivity index (χ2n) is 13.4. The van der Waals surface area contributed by atoms with E-state index in [4.69, 9.17) is 21.0 Å². The lowest BCUT2D eigenvalue weighted by Gasteiger charge is -2.23. The van der Waals surface area contributed by atoms with Crippen molar-refractivity contribution in [3.05, 3.63) is 132 Å². The first-order valence-corrected chi connectivity index (χ1v) is 16.5. The van der Waals surface area contributed by atoms with Gasteiger partial charge in [0.15, 0.2) is 11.6 Å². The maximum Gasteiger partial charge on any atom is 0.226 e. The Morgan fingerprint density at radius 3 is 2.17 bits per heavy atom. The van der Waals surface area contributed by atoms with Gasteiger partial charge in [-0.2, -0.15) is 9.97 Å². The molecule has 9 aromatic rings. The predicted molar refractivity (Wildman–Crippen MR) is 194 cm³/mol. The highest BCUT2D eigenvalue weighted by atomic mass is 35.5. The number of hydrogen-bond donors (Lipinski definition) is 0. The molecule has 0 unspecified atom stereocenters. The maximum absolute atomic E-state index is 6.62. The molecular formula is C42H25ClN4O. The highest BCUT2D eigenvalue weighted by molar-refractivity contribution is 6.28. The zero-order chi connectivity index (χ0) is 31.9. The summed E-state index contributed by atoms with van der Waals surface area (Å²) in [5.41, 5.74) is 14.5. The molecule has 0 fully saturated rings. The van der Waals surface area contributed by atoms with Gasteiger partial charge in [-0.15, -0.1) is 0 Å². The summed E-state index contributed by atoms with van der Waals surface area (Å²) >= 11 is 6.62. The Hall–Kier alpha value is -5.78. The molecule has 1 aliphatic heterocycles. The summed E-state index contributed by atoms with van der Waals surface area (Å²) in [6.07, 6.45) is 0. The van der Waals surface area contributed by atoms with Crippen molar-refractivity contribution in [3.8, 4) is 50.7 Å². The van der Waals surface area contributed by atoms with E-state index in [9.17, 15) is 0 Å².